The van der Waals surface area contributed by atoms with Crippen molar-refractivity contribution >= 4 is 0 Å². The number of aromatic hydroxyl groups is 1. The molecule has 1 rings (SSSR count). The summed E-state index contributed by atoms with van der Waals surface area (Å²) in [5.74, 6) is -0.0194. The van der Waals surface area contributed by atoms with Crippen LogP contribution in [0.3, 0.4) is 0 Å². The topological polar surface area (TPSA) is 40.1 Å². The molecule has 0 spiro atoms. The number of hydrogen-bond acceptors (Lipinski definition) is 1. The molecule has 0 fully saturated rings. The second-order valence-electron chi connectivity index (χ2n) is 7.72. The van der Waals surface area contributed by atoms with Gasteiger partial charge in [0.15, 0.2) is 5.75 Å². The van der Waals surface area contributed by atoms with Crippen LogP contribution in [0.2, 0.25) is 0 Å². The molecule has 0 aliphatic heterocycles. The summed E-state index contributed by atoms with van der Waals surface area (Å²) in [5, 5.41) is 22.8. The Morgan fingerprint density at radius 2 is 1.47 bits per heavy atom. The zero-order chi connectivity index (χ0) is 15.2. The minimum atomic E-state index is -0.259. The van der Waals surface area contributed by atoms with Crippen LogP contribution in [0, 0.1) is 0 Å². The van der Waals surface area contributed by atoms with Crippen molar-refractivity contribution in [2.75, 3.05) is 0 Å². The second kappa shape index (κ2) is 4.73. The molecule has 0 saturated carbocycles. The molecule has 0 unspecified atom stereocenters. The molecular weight excluding hydrogens is 236 g/mol. The number of rotatable bonds is 1. The molecule has 0 aliphatic rings. The van der Waals surface area contributed by atoms with Gasteiger partial charge in [0.05, 0.1) is 0 Å². The highest BCUT2D eigenvalue weighted by molar-refractivity contribution is 5.58. The van der Waals surface area contributed by atoms with Crippen LogP contribution in [0.15, 0.2) is 6.07 Å². The second-order valence-corrected chi connectivity index (χ2v) is 7.72. The summed E-state index contributed by atoms with van der Waals surface area (Å²) in [6, 6.07) is 2.02. The van der Waals surface area contributed by atoms with Gasteiger partial charge >= 0.3 is 0 Å². The van der Waals surface area contributed by atoms with Gasteiger partial charge in [-0.05, 0) is 22.3 Å². The molecule has 0 aliphatic carbocycles. The van der Waals surface area contributed by atoms with Gasteiger partial charge in [0.2, 0.25) is 5.75 Å². The molecule has 0 amide bonds. The van der Waals surface area contributed by atoms with E-state index in [0.29, 0.717) is 0 Å². The Kier molecular flexibility index (Phi) is 3.96. The summed E-state index contributed by atoms with van der Waals surface area (Å²) >= 11 is 0. The van der Waals surface area contributed by atoms with E-state index in [0.717, 1.165) is 16.7 Å². The van der Waals surface area contributed by atoms with Gasteiger partial charge in [-0.2, -0.15) is 0 Å². The van der Waals surface area contributed by atoms with Gasteiger partial charge in [0.1, 0.15) is 0 Å². The average Bonchev–Trinajstić information content (AvgIpc) is 2.17. The van der Waals surface area contributed by atoms with Crippen LogP contribution < -0.4 is 0 Å². The van der Waals surface area contributed by atoms with Gasteiger partial charge in [-0.3, -0.25) is 5.11 Å². The summed E-state index contributed by atoms with van der Waals surface area (Å²) in [6.45, 7) is 16.3. The Morgan fingerprint density at radius 1 is 1.00 bits per heavy atom. The number of phenols is 1. The maximum absolute atomic E-state index is 12.6. The Balaban J connectivity index is 3.74. The van der Waals surface area contributed by atoms with Crippen molar-refractivity contribution < 1.29 is 10.2 Å². The molecule has 1 aromatic rings. The van der Waals surface area contributed by atoms with E-state index in [1.54, 1.807) is 0 Å². The molecule has 2 heteroatoms. The maximum Gasteiger partial charge on any atom is 0.224 e. The lowest BCUT2D eigenvalue weighted by Gasteiger charge is -2.29. The number of benzene rings is 1. The van der Waals surface area contributed by atoms with Crippen LogP contribution in [0.5, 0.6) is 11.5 Å². The monoisotopic (exact) mass is 263 g/mol. The highest BCUT2D eigenvalue weighted by Crippen LogP contribution is 2.47. The maximum atomic E-state index is 12.6. The largest absolute Gasteiger partial charge is 0.504 e. The number of hydrogen-bond donors (Lipinski definition) is 1. The van der Waals surface area contributed by atoms with Crippen molar-refractivity contribution in [3.63, 3.8) is 0 Å². The summed E-state index contributed by atoms with van der Waals surface area (Å²) in [4.78, 5) is 0. The molecule has 0 heterocycles. The Bertz CT molecular complexity index is 472. The summed E-state index contributed by atoms with van der Waals surface area (Å²) in [6.07, 6.45) is 0. The average molecular weight is 263 g/mol. The lowest BCUT2D eigenvalue weighted by Crippen LogP contribution is -2.18. The molecule has 1 radical (unpaired) electrons. The first kappa shape index (κ1) is 15.9. The van der Waals surface area contributed by atoms with Crippen molar-refractivity contribution in [2.45, 2.75) is 72.1 Å². The normalized spacial score (nSPS) is 13.1. The number of phenolic OH excluding ortho intramolecular Hbond substituents is 1. The zero-order valence-corrected chi connectivity index (χ0v) is 13.5. The van der Waals surface area contributed by atoms with Crippen LogP contribution >= 0.6 is 0 Å². The van der Waals surface area contributed by atoms with E-state index in [-0.39, 0.29) is 28.2 Å². The standard InChI is InChI=1S/C17H27O2/c1-10(2)11-9-12(16(3,4)5)14(18)15(19)13(11)17(6,7)8/h9-10,18H,1-8H3. The first-order chi connectivity index (χ1) is 8.37. The first-order valence-corrected chi connectivity index (χ1v) is 6.95. The van der Waals surface area contributed by atoms with Crippen molar-refractivity contribution in [1.29, 1.82) is 0 Å². The predicted octanol–water partition coefficient (Wildman–Crippen LogP) is 5.25. The fraction of sp³-hybridized carbons (Fsp3) is 0.647. The summed E-state index contributed by atoms with van der Waals surface area (Å²) in [7, 11) is 0. The van der Waals surface area contributed by atoms with Crippen LogP contribution in [-0.4, -0.2) is 5.11 Å². The van der Waals surface area contributed by atoms with Crippen molar-refractivity contribution in [3.8, 4) is 11.5 Å². The highest BCUT2D eigenvalue weighted by atomic mass is 16.3. The highest BCUT2D eigenvalue weighted by Gasteiger charge is 2.31. The molecule has 2 nitrogen and oxygen atoms in total. The summed E-state index contributed by atoms with van der Waals surface area (Å²) < 4.78 is 0. The minimum absolute atomic E-state index is 0.0816. The van der Waals surface area contributed by atoms with E-state index in [2.05, 4.69) is 13.8 Å². The van der Waals surface area contributed by atoms with Gasteiger partial charge in [-0.15, -0.1) is 0 Å². The third-order valence-electron chi connectivity index (χ3n) is 3.47. The molecule has 0 saturated heterocycles. The zero-order valence-electron chi connectivity index (χ0n) is 13.5. The molecular formula is C17H27O2. The molecule has 0 bridgehead atoms. The van der Waals surface area contributed by atoms with E-state index >= 15 is 0 Å². The smallest absolute Gasteiger partial charge is 0.224 e. The van der Waals surface area contributed by atoms with Crippen molar-refractivity contribution in [3.05, 3.63) is 22.8 Å². The fourth-order valence-corrected chi connectivity index (χ4v) is 2.47. The third kappa shape index (κ3) is 3.05. The van der Waals surface area contributed by atoms with E-state index in [1.807, 2.05) is 47.6 Å². The molecule has 0 aromatic heterocycles. The third-order valence-corrected chi connectivity index (χ3v) is 3.47. The molecule has 1 aromatic carbocycles. The van der Waals surface area contributed by atoms with Gasteiger partial charge in [0.25, 0.3) is 0 Å². The first-order valence-electron chi connectivity index (χ1n) is 6.95. The van der Waals surface area contributed by atoms with Gasteiger partial charge < -0.3 is 5.11 Å². The quantitative estimate of drug-likeness (QED) is 0.738. The summed E-state index contributed by atoms with van der Waals surface area (Å²) in [5.41, 5.74) is 2.05. The lowest BCUT2D eigenvalue weighted by atomic mass is 9.75. The van der Waals surface area contributed by atoms with E-state index < -0.39 is 0 Å². The van der Waals surface area contributed by atoms with E-state index in [9.17, 15) is 10.2 Å². The SMILES string of the molecule is CC(C)c1cc(C(C)(C)C)c(O)c([O])c1C(C)(C)C. The Labute approximate surface area is 117 Å². The predicted molar refractivity (Wildman–Crippen MR) is 79.7 cm³/mol. The molecule has 0 atom stereocenters. The Morgan fingerprint density at radius 3 is 1.79 bits per heavy atom. The van der Waals surface area contributed by atoms with Crippen LogP contribution in [-0.2, 0) is 15.9 Å². The van der Waals surface area contributed by atoms with Crippen LogP contribution in [0.25, 0.3) is 0 Å². The minimum Gasteiger partial charge on any atom is -0.504 e. The van der Waals surface area contributed by atoms with Gasteiger partial charge in [0, 0.05) is 11.1 Å². The lowest BCUT2D eigenvalue weighted by molar-refractivity contribution is 0.306. The van der Waals surface area contributed by atoms with Crippen molar-refractivity contribution in [1.82, 2.24) is 0 Å². The van der Waals surface area contributed by atoms with E-state index in [1.165, 1.54) is 0 Å². The van der Waals surface area contributed by atoms with Gasteiger partial charge in [-0.1, -0.05) is 61.5 Å². The molecule has 1 N–H and O–H groups in total. The molecule has 19 heavy (non-hydrogen) atoms. The van der Waals surface area contributed by atoms with Crippen LogP contribution in [0.4, 0.5) is 0 Å². The van der Waals surface area contributed by atoms with E-state index in [4.69, 9.17) is 0 Å². The van der Waals surface area contributed by atoms with Crippen LogP contribution in [0.1, 0.15) is 78.0 Å². The molecule has 107 valence electrons. The Hall–Kier alpha value is -1.18. The fourth-order valence-electron chi connectivity index (χ4n) is 2.47. The van der Waals surface area contributed by atoms with Gasteiger partial charge in [-0.25, -0.2) is 0 Å². The van der Waals surface area contributed by atoms with Crippen molar-refractivity contribution in [2.24, 2.45) is 0 Å².